The summed E-state index contributed by atoms with van der Waals surface area (Å²) < 4.78 is 0. The van der Waals surface area contributed by atoms with Gasteiger partial charge in [-0.3, -0.25) is 4.79 Å². The van der Waals surface area contributed by atoms with Gasteiger partial charge in [0.25, 0.3) is 5.91 Å². The molecule has 0 unspecified atom stereocenters. The van der Waals surface area contributed by atoms with Crippen LogP contribution in [-0.2, 0) is 9.63 Å². The van der Waals surface area contributed by atoms with E-state index in [1.807, 2.05) is 0 Å². The molecule has 4 heteroatoms. The predicted molar refractivity (Wildman–Crippen MR) is 28.5 cm³/mol. The monoisotopic (exact) mass is 116 g/mol. The van der Waals surface area contributed by atoms with Gasteiger partial charge in [0.2, 0.25) is 5.76 Å². The van der Waals surface area contributed by atoms with Gasteiger partial charge in [0.15, 0.2) is 0 Å². The smallest absolute Gasteiger partial charge is 0.285 e. The highest BCUT2D eigenvalue weighted by Gasteiger charge is 1.98. The first-order chi connectivity index (χ1) is 3.68. The Balaban J connectivity index is 3.49. The van der Waals surface area contributed by atoms with Crippen LogP contribution >= 0.6 is 0 Å². The fourth-order valence-corrected chi connectivity index (χ4v) is 0.173. The minimum absolute atomic E-state index is 0.0903. The van der Waals surface area contributed by atoms with E-state index >= 15 is 0 Å². The molecule has 0 aliphatic carbocycles. The van der Waals surface area contributed by atoms with Crippen LogP contribution in [-0.4, -0.2) is 13.0 Å². The Bertz CT molecular complexity index is 111. The van der Waals surface area contributed by atoms with E-state index in [-0.39, 0.29) is 5.76 Å². The molecule has 0 aliphatic rings. The molecule has 0 aromatic rings. The maximum Gasteiger partial charge on any atom is 0.285 e. The Morgan fingerprint density at radius 3 is 2.50 bits per heavy atom. The van der Waals surface area contributed by atoms with Crippen molar-refractivity contribution in [2.24, 2.45) is 5.73 Å². The summed E-state index contributed by atoms with van der Waals surface area (Å²) in [5.74, 6) is -0.758. The lowest BCUT2D eigenvalue weighted by Crippen LogP contribution is -2.19. The van der Waals surface area contributed by atoms with Crippen molar-refractivity contribution in [3.8, 4) is 0 Å². The molecular weight excluding hydrogens is 108 g/mol. The summed E-state index contributed by atoms with van der Waals surface area (Å²) in [5.41, 5.74) is 6.97. The van der Waals surface area contributed by atoms with Gasteiger partial charge in [-0.15, -0.1) is 0 Å². The maximum atomic E-state index is 10.0. The van der Waals surface area contributed by atoms with Crippen LogP contribution < -0.4 is 11.2 Å². The first kappa shape index (κ1) is 6.97. The van der Waals surface area contributed by atoms with Crippen molar-refractivity contribution in [1.82, 2.24) is 5.48 Å². The third-order valence-corrected chi connectivity index (χ3v) is 0.500. The Hall–Kier alpha value is -1.03. The first-order valence-electron chi connectivity index (χ1n) is 2.00. The molecule has 0 aliphatic heterocycles. The van der Waals surface area contributed by atoms with E-state index in [1.165, 1.54) is 7.05 Å². The van der Waals surface area contributed by atoms with E-state index in [0.717, 1.165) is 0 Å². The van der Waals surface area contributed by atoms with Crippen molar-refractivity contribution >= 4 is 5.91 Å². The minimum Gasteiger partial charge on any atom is -0.404 e. The summed E-state index contributed by atoms with van der Waals surface area (Å²) in [6, 6.07) is 0. The van der Waals surface area contributed by atoms with Crippen LogP contribution in [0.25, 0.3) is 0 Å². The summed E-state index contributed by atoms with van der Waals surface area (Å²) in [4.78, 5) is 14.4. The molecule has 46 valence electrons. The van der Waals surface area contributed by atoms with Gasteiger partial charge in [-0.1, -0.05) is 0 Å². The van der Waals surface area contributed by atoms with Gasteiger partial charge in [0.05, 0.1) is 0 Å². The largest absolute Gasteiger partial charge is 0.404 e. The Kier molecular flexibility index (Phi) is 2.64. The van der Waals surface area contributed by atoms with E-state index in [2.05, 4.69) is 16.9 Å². The number of hydroxylamine groups is 1. The molecule has 0 saturated carbocycles. The second-order valence-corrected chi connectivity index (χ2v) is 1.09. The van der Waals surface area contributed by atoms with Gasteiger partial charge in [0, 0.05) is 7.05 Å². The van der Waals surface area contributed by atoms with Gasteiger partial charge < -0.3 is 10.6 Å². The summed E-state index contributed by atoms with van der Waals surface area (Å²) >= 11 is 0. The second-order valence-electron chi connectivity index (χ2n) is 1.09. The molecule has 1 amide bonds. The molecular formula is C4H8N2O2. The molecule has 8 heavy (non-hydrogen) atoms. The van der Waals surface area contributed by atoms with Crippen LogP contribution in [0.5, 0.6) is 0 Å². The average Bonchev–Trinajstić information content (AvgIpc) is 1.67. The van der Waals surface area contributed by atoms with Gasteiger partial charge >= 0.3 is 0 Å². The number of nitrogens with one attached hydrogen (secondary N) is 1. The number of hydrogen-bond acceptors (Lipinski definition) is 3. The topological polar surface area (TPSA) is 64.3 Å². The molecule has 3 N–H and O–H groups in total. The SMILES string of the molecule is C=C(ONC)C(N)=O. The first-order valence-corrected chi connectivity index (χ1v) is 2.00. The number of hydrogen-bond donors (Lipinski definition) is 2. The van der Waals surface area contributed by atoms with Crippen LogP contribution in [0.1, 0.15) is 0 Å². The number of carbonyl (C=O) groups excluding carboxylic acids is 1. The molecule has 0 aromatic heterocycles. The van der Waals surface area contributed by atoms with Crippen molar-refractivity contribution in [3.63, 3.8) is 0 Å². The molecule has 4 nitrogen and oxygen atoms in total. The quantitative estimate of drug-likeness (QED) is 0.286. The summed E-state index contributed by atoms with van der Waals surface area (Å²) in [7, 11) is 1.51. The number of rotatable bonds is 3. The van der Waals surface area contributed by atoms with E-state index in [1.54, 1.807) is 0 Å². The molecule has 0 aromatic carbocycles. The zero-order chi connectivity index (χ0) is 6.57. The third kappa shape index (κ3) is 2.20. The molecule has 0 bridgehead atoms. The number of nitrogens with two attached hydrogens (primary N) is 1. The molecule has 0 spiro atoms. The molecule has 0 rings (SSSR count). The average molecular weight is 116 g/mol. The predicted octanol–water partition coefficient (Wildman–Crippen LogP) is -0.864. The van der Waals surface area contributed by atoms with E-state index in [4.69, 9.17) is 5.73 Å². The van der Waals surface area contributed by atoms with Crippen molar-refractivity contribution in [2.75, 3.05) is 7.05 Å². The number of carbonyl (C=O) groups is 1. The lowest BCUT2D eigenvalue weighted by Gasteiger charge is -1.99. The summed E-state index contributed by atoms with van der Waals surface area (Å²) in [5, 5.41) is 0. The van der Waals surface area contributed by atoms with Gasteiger partial charge in [-0.25, -0.2) is 0 Å². The Morgan fingerprint density at radius 2 is 2.38 bits per heavy atom. The van der Waals surface area contributed by atoms with Crippen molar-refractivity contribution < 1.29 is 9.63 Å². The standard InChI is InChI=1S/C4H8N2O2/c1-3(4(5)7)8-6-2/h6H,1H2,2H3,(H2,5,7). The highest BCUT2D eigenvalue weighted by molar-refractivity contribution is 5.89. The van der Waals surface area contributed by atoms with E-state index in [9.17, 15) is 4.79 Å². The normalized spacial score (nSPS) is 8.12. The lowest BCUT2D eigenvalue weighted by atomic mass is 10.5. The van der Waals surface area contributed by atoms with Crippen LogP contribution in [0.2, 0.25) is 0 Å². The van der Waals surface area contributed by atoms with Gasteiger partial charge in [-0.05, 0) is 6.58 Å². The molecule has 0 atom stereocenters. The van der Waals surface area contributed by atoms with Crippen LogP contribution in [0, 0.1) is 0 Å². The van der Waals surface area contributed by atoms with Gasteiger partial charge in [-0.2, -0.15) is 5.48 Å². The highest BCUT2D eigenvalue weighted by Crippen LogP contribution is 1.83. The molecule has 0 radical (unpaired) electrons. The highest BCUT2D eigenvalue weighted by atomic mass is 16.6. The fraction of sp³-hybridized carbons (Fsp3) is 0.250. The Morgan fingerprint density at radius 1 is 1.88 bits per heavy atom. The lowest BCUT2D eigenvalue weighted by molar-refractivity contribution is -0.118. The van der Waals surface area contributed by atoms with Crippen molar-refractivity contribution in [2.45, 2.75) is 0 Å². The third-order valence-electron chi connectivity index (χ3n) is 0.500. The fourth-order valence-electron chi connectivity index (χ4n) is 0.173. The maximum absolute atomic E-state index is 10.0. The van der Waals surface area contributed by atoms with Gasteiger partial charge in [0.1, 0.15) is 0 Å². The number of primary amides is 1. The van der Waals surface area contributed by atoms with E-state index in [0.29, 0.717) is 0 Å². The van der Waals surface area contributed by atoms with Crippen LogP contribution in [0.3, 0.4) is 0 Å². The minimum atomic E-state index is -0.667. The Labute approximate surface area is 47.3 Å². The summed E-state index contributed by atoms with van der Waals surface area (Å²) in [6.45, 7) is 3.18. The van der Waals surface area contributed by atoms with Crippen molar-refractivity contribution in [3.05, 3.63) is 12.3 Å². The van der Waals surface area contributed by atoms with Crippen molar-refractivity contribution in [1.29, 1.82) is 0 Å². The summed E-state index contributed by atoms with van der Waals surface area (Å²) in [6.07, 6.45) is 0. The molecule has 0 heterocycles. The molecule has 0 fully saturated rings. The zero-order valence-electron chi connectivity index (χ0n) is 4.60. The van der Waals surface area contributed by atoms with E-state index < -0.39 is 5.91 Å². The number of amides is 1. The second kappa shape index (κ2) is 3.04. The molecule has 0 saturated heterocycles. The zero-order valence-corrected chi connectivity index (χ0v) is 4.60. The van der Waals surface area contributed by atoms with Crippen LogP contribution in [0.4, 0.5) is 0 Å². The van der Waals surface area contributed by atoms with Crippen LogP contribution in [0.15, 0.2) is 12.3 Å².